The fourth-order valence-corrected chi connectivity index (χ4v) is 1.92. The zero-order valence-electron chi connectivity index (χ0n) is 8.26. The Bertz CT molecular complexity index is 425. The molecule has 0 atom stereocenters. The van der Waals surface area contributed by atoms with E-state index in [4.69, 9.17) is 4.42 Å². The molecule has 0 saturated carbocycles. The van der Waals surface area contributed by atoms with Gasteiger partial charge >= 0.3 is 0 Å². The van der Waals surface area contributed by atoms with Crippen molar-refractivity contribution in [3.8, 4) is 0 Å². The molecule has 2 aromatic rings. The number of furan rings is 1. The Labute approximate surface area is 87.6 Å². The maximum atomic E-state index is 5.05. The van der Waals surface area contributed by atoms with Crippen molar-refractivity contribution in [2.24, 2.45) is 0 Å². The summed E-state index contributed by atoms with van der Waals surface area (Å²) in [5.41, 5.74) is 3.59. The number of hydrogen-bond acceptors (Lipinski definition) is 4. The van der Waals surface area contributed by atoms with Gasteiger partial charge in [0.25, 0.3) is 0 Å². The quantitative estimate of drug-likeness (QED) is 0.739. The van der Waals surface area contributed by atoms with Gasteiger partial charge in [0.2, 0.25) is 0 Å². The molecule has 0 spiro atoms. The fourth-order valence-electron chi connectivity index (χ4n) is 1.92. The third-order valence-corrected chi connectivity index (χ3v) is 2.63. The Balaban J connectivity index is 1.74. The van der Waals surface area contributed by atoms with Crippen LogP contribution in [0.3, 0.4) is 0 Å². The van der Waals surface area contributed by atoms with Gasteiger partial charge in [0, 0.05) is 37.0 Å². The molecule has 0 fully saturated rings. The smallest absolute Gasteiger partial charge is 0.115 e. The summed E-state index contributed by atoms with van der Waals surface area (Å²) in [7, 11) is 0. The molecular formula is C11H11N3O. The van der Waals surface area contributed by atoms with Gasteiger partial charge in [-0.2, -0.15) is 0 Å². The normalized spacial score (nSPS) is 15.5. The van der Waals surface area contributed by atoms with Crippen LogP contribution in [0, 0.1) is 0 Å². The van der Waals surface area contributed by atoms with E-state index in [0.717, 1.165) is 25.3 Å². The number of hydrogen-bond donors (Lipinski definition) is 0. The second-order valence-corrected chi connectivity index (χ2v) is 3.77. The van der Waals surface area contributed by atoms with Gasteiger partial charge in [0.15, 0.2) is 0 Å². The van der Waals surface area contributed by atoms with Crippen LogP contribution in [0.2, 0.25) is 0 Å². The highest BCUT2D eigenvalue weighted by atomic mass is 16.3. The van der Waals surface area contributed by atoms with Crippen LogP contribution in [-0.4, -0.2) is 14.9 Å². The lowest BCUT2D eigenvalue weighted by atomic mass is 10.3. The summed E-state index contributed by atoms with van der Waals surface area (Å²) >= 11 is 0. The number of rotatable bonds is 2. The van der Waals surface area contributed by atoms with Gasteiger partial charge in [0.05, 0.1) is 18.2 Å². The van der Waals surface area contributed by atoms with E-state index in [1.807, 2.05) is 12.3 Å². The molecule has 0 N–H and O–H groups in total. The molecule has 0 aromatic carbocycles. The van der Waals surface area contributed by atoms with Gasteiger partial charge in [-0.3, -0.25) is 4.90 Å². The van der Waals surface area contributed by atoms with E-state index in [2.05, 4.69) is 14.9 Å². The molecule has 4 heteroatoms. The van der Waals surface area contributed by atoms with E-state index in [9.17, 15) is 0 Å². The van der Waals surface area contributed by atoms with Crippen LogP contribution in [0.4, 0.5) is 0 Å². The summed E-state index contributed by atoms with van der Waals surface area (Å²) in [6.45, 7) is 2.75. The second kappa shape index (κ2) is 3.47. The lowest BCUT2D eigenvalue weighted by Crippen LogP contribution is -2.15. The third-order valence-electron chi connectivity index (χ3n) is 2.63. The van der Waals surface area contributed by atoms with E-state index in [0.29, 0.717) is 0 Å². The first-order valence-electron chi connectivity index (χ1n) is 4.93. The lowest BCUT2D eigenvalue weighted by Gasteiger charge is -2.12. The maximum absolute atomic E-state index is 5.05. The topological polar surface area (TPSA) is 42.2 Å². The van der Waals surface area contributed by atoms with E-state index < -0.39 is 0 Å². The van der Waals surface area contributed by atoms with Gasteiger partial charge in [0.1, 0.15) is 6.33 Å². The monoisotopic (exact) mass is 201 g/mol. The van der Waals surface area contributed by atoms with Crippen LogP contribution in [0.5, 0.6) is 0 Å². The lowest BCUT2D eigenvalue weighted by molar-refractivity contribution is 0.273. The van der Waals surface area contributed by atoms with E-state index in [1.165, 1.54) is 11.1 Å². The first-order valence-corrected chi connectivity index (χ1v) is 4.93. The average Bonchev–Trinajstić information content (AvgIpc) is 2.86. The summed E-state index contributed by atoms with van der Waals surface area (Å²) in [6.07, 6.45) is 7.00. The van der Waals surface area contributed by atoms with Gasteiger partial charge in [-0.05, 0) is 6.07 Å². The minimum Gasteiger partial charge on any atom is -0.472 e. The average molecular weight is 201 g/mol. The number of aromatic nitrogens is 2. The molecule has 3 rings (SSSR count). The van der Waals surface area contributed by atoms with Crippen LogP contribution in [0.1, 0.15) is 16.8 Å². The Morgan fingerprint density at radius 1 is 1.40 bits per heavy atom. The van der Waals surface area contributed by atoms with Crippen molar-refractivity contribution >= 4 is 0 Å². The molecule has 0 radical (unpaired) electrons. The molecule has 15 heavy (non-hydrogen) atoms. The van der Waals surface area contributed by atoms with Crippen LogP contribution in [0.25, 0.3) is 0 Å². The highest BCUT2D eigenvalue weighted by Gasteiger charge is 2.19. The molecule has 2 aromatic heterocycles. The first kappa shape index (κ1) is 8.61. The van der Waals surface area contributed by atoms with Crippen molar-refractivity contribution in [3.05, 3.63) is 47.9 Å². The molecule has 1 aliphatic heterocycles. The van der Waals surface area contributed by atoms with E-state index >= 15 is 0 Å². The zero-order chi connectivity index (χ0) is 10.1. The Morgan fingerprint density at radius 2 is 2.40 bits per heavy atom. The van der Waals surface area contributed by atoms with Crippen LogP contribution >= 0.6 is 0 Å². The van der Waals surface area contributed by atoms with Gasteiger partial charge in [-0.25, -0.2) is 9.97 Å². The molecule has 0 bridgehead atoms. The summed E-state index contributed by atoms with van der Waals surface area (Å²) in [6, 6.07) is 1.99. The van der Waals surface area contributed by atoms with Crippen LogP contribution < -0.4 is 0 Å². The zero-order valence-corrected chi connectivity index (χ0v) is 8.26. The van der Waals surface area contributed by atoms with Crippen molar-refractivity contribution in [2.45, 2.75) is 19.6 Å². The molecule has 0 amide bonds. The van der Waals surface area contributed by atoms with Gasteiger partial charge in [-0.15, -0.1) is 0 Å². The van der Waals surface area contributed by atoms with Crippen molar-refractivity contribution in [3.63, 3.8) is 0 Å². The number of fused-ring (bicyclic) bond motifs is 1. The second-order valence-electron chi connectivity index (χ2n) is 3.77. The maximum Gasteiger partial charge on any atom is 0.115 e. The molecule has 1 aliphatic rings. The SMILES string of the molecule is c1ncc2c(n1)CN(Cc1ccoc1)C2. The molecule has 0 saturated heterocycles. The minimum atomic E-state index is 0.906. The standard InChI is InChI=1S/C11H11N3O/c1-2-15-7-9(1)4-14-5-10-3-12-8-13-11(10)6-14/h1-3,7-8H,4-6H2. The molecule has 4 nitrogen and oxygen atoms in total. The van der Waals surface area contributed by atoms with Gasteiger partial charge in [-0.1, -0.05) is 0 Å². The number of nitrogens with zero attached hydrogens (tertiary/aromatic N) is 3. The Morgan fingerprint density at radius 3 is 3.20 bits per heavy atom. The predicted octanol–water partition coefficient (Wildman–Crippen LogP) is 1.59. The fraction of sp³-hybridized carbons (Fsp3) is 0.273. The molecular weight excluding hydrogens is 190 g/mol. The van der Waals surface area contributed by atoms with Crippen molar-refractivity contribution in [1.82, 2.24) is 14.9 Å². The van der Waals surface area contributed by atoms with E-state index in [1.54, 1.807) is 18.9 Å². The molecule has 0 aliphatic carbocycles. The first-order chi connectivity index (χ1) is 7.42. The predicted molar refractivity (Wildman–Crippen MR) is 53.7 cm³/mol. The summed E-state index contributed by atoms with van der Waals surface area (Å²) < 4.78 is 5.05. The highest BCUT2D eigenvalue weighted by molar-refractivity contribution is 5.20. The van der Waals surface area contributed by atoms with Crippen molar-refractivity contribution in [1.29, 1.82) is 0 Å². The Kier molecular flexibility index (Phi) is 1.99. The van der Waals surface area contributed by atoms with E-state index in [-0.39, 0.29) is 0 Å². The third kappa shape index (κ3) is 1.64. The van der Waals surface area contributed by atoms with Gasteiger partial charge < -0.3 is 4.42 Å². The Hall–Kier alpha value is -1.68. The van der Waals surface area contributed by atoms with Crippen molar-refractivity contribution in [2.75, 3.05) is 0 Å². The minimum absolute atomic E-state index is 0.906. The largest absolute Gasteiger partial charge is 0.472 e. The van der Waals surface area contributed by atoms with Crippen molar-refractivity contribution < 1.29 is 4.42 Å². The summed E-state index contributed by atoms with van der Waals surface area (Å²) in [5.74, 6) is 0. The summed E-state index contributed by atoms with van der Waals surface area (Å²) in [5, 5.41) is 0. The van der Waals surface area contributed by atoms with Crippen LogP contribution in [0.15, 0.2) is 35.5 Å². The van der Waals surface area contributed by atoms with Crippen LogP contribution in [-0.2, 0) is 19.6 Å². The highest BCUT2D eigenvalue weighted by Crippen LogP contribution is 2.21. The molecule has 0 unspecified atom stereocenters. The summed E-state index contributed by atoms with van der Waals surface area (Å²) in [4.78, 5) is 10.6. The molecule has 3 heterocycles. The molecule has 76 valence electrons.